The van der Waals surface area contributed by atoms with E-state index in [1.165, 1.54) is 42.6 Å². The second-order valence-electron chi connectivity index (χ2n) is 9.94. The molecule has 0 aliphatic carbocycles. The molecule has 4 heteroatoms. The third kappa shape index (κ3) is 4.65. The van der Waals surface area contributed by atoms with E-state index in [-0.39, 0.29) is 11.8 Å². The number of fused-ring (bicyclic) bond motifs is 1. The van der Waals surface area contributed by atoms with Crippen molar-refractivity contribution in [1.29, 1.82) is 0 Å². The van der Waals surface area contributed by atoms with Gasteiger partial charge in [0.15, 0.2) is 0 Å². The first-order valence-corrected chi connectivity index (χ1v) is 12.4. The lowest BCUT2D eigenvalue weighted by Gasteiger charge is -2.45. The Balaban J connectivity index is 1.46. The summed E-state index contributed by atoms with van der Waals surface area (Å²) in [6.07, 6.45) is 2.62. The molecule has 1 fully saturated rings. The number of hydrogen-bond donors (Lipinski definition) is 0. The van der Waals surface area contributed by atoms with Crippen molar-refractivity contribution in [3.8, 4) is 17.2 Å². The molecule has 4 nitrogen and oxygen atoms in total. The molecule has 1 saturated heterocycles. The zero-order valence-electron chi connectivity index (χ0n) is 20.5. The van der Waals surface area contributed by atoms with Crippen LogP contribution in [0.3, 0.4) is 0 Å². The Morgan fingerprint density at radius 2 is 1.59 bits per heavy atom. The van der Waals surface area contributed by atoms with Crippen LogP contribution in [0.4, 0.5) is 0 Å². The normalized spacial score (nSPS) is 21.5. The highest BCUT2D eigenvalue weighted by Gasteiger charge is 2.45. The predicted octanol–water partition coefficient (Wildman–Crippen LogP) is 6.26. The van der Waals surface area contributed by atoms with Gasteiger partial charge in [0.1, 0.15) is 29.5 Å². The van der Waals surface area contributed by atoms with Gasteiger partial charge in [-0.05, 0) is 69.1 Å². The summed E-state index contributed by atoms with van der Waals surface area (Å²) < 4.78 is 18.2. The minimum atomic E-state index is -0.393. The van der Waals surface area contributed by atoms with Gasteiger partial charge in [-0.3, -0.25) is 4.90 Å². The van der Waals surface area contributed by atoms with Gasteiger partial charge in [0.2, 0.25) is 0 Å². The molecule has 0 spiro atoms. The number of likely N-dealkylation sites (tertiary alicyclic amines) is 1. The summed E-state index contributed by atoms with van der Waals surface area (Å²) in [6.45, 7) is 8.52. The Bertz CT molecular complexity index is 1090. The summed E-state index contributed by atoms with van der Waals surface area (Å²) in [7, 11) is 1.70. The van der Waals surface area contributed by atoms with Gasteiger partial charge in [0.25, 0.3) is 0 Å². The van der Waals surface area contributed by atoms with Gasteiger partial charge in [-0.15, -0.1) is 0 Å². The van der Waals surface area contributed by atoms with Crippen LogP contribution in [0.1, 0.15) is 55.2 Å². The molecule has 1 unspecified atom stereocenters. The van der Waals surface area contributed by atoms with Crippen LogP contribution < -0.4 is 14.2 Å². The molecule has 2 heterocycles. The summed E-state index contributed by atoms with van der Waals surface area (Å²) in [5.41, 5.74) is 3.35. The van der Waals surface area contributed by atoms with Crippen LogP contribution in [0.2, 0.25) is 0 Å². The molecule has 0 radical (unpaired) electrons. The van der Waals surface area contributed by atoms with Crippen molar-refractivity contribution < 1.29 is 14.2 Å². The molecule has 0 saturated carbocycles. The van der Waals surface area contributed by atoms with Gasteiger partial charge >= 0.3 is 0 Å². The molecule has 2 atom stereocenters. The van der Waals surface area contributed by atoms with Gasteiger partial charge < -0.3 is 14.2 Å². The third-order valence-electron chi connectivity index (χ3n) is 7.28. The van der Waals surface area contributed by atoms with E-state index in [0.29, 0.717) is 0 Å². The summed E-state index contributed by atoms with van der Waals surface area (Å²) in [5.74, 6) is 2.96. The Morgan fingerprint density at radius 1 is 0.882 bits per heavy atom. The number of methoxy groups -OCH3 is 1. The molecule has 5 rings (SSSR count). The molecule has 34 heavy (non-hydrogen) atoms. The lowest BCUT2D eigenvalue weighted by atomic mass is 9.68. The van der Waals surface area contributed by atoms with Crippen molar-refractivity contribution in [2.75, 3.05) is 33.4 Å². The van der Waals surface area contributed by atoms with E-state index in [9.17, 15) is 0 Å². The molecule has 3 aromatic rings. The Morgan fingerprint density at radius 3 is 2.29 bits per heavy atom. The second-order valence-corrected chi connectivity index (χ2v) is 9.94. The number of nitrogens with zero attached hydrogens (tertiary/aromatic N) is 1. The molecular formula is C30H35NO3. The van der Waals surface area contributed by atoms with Gasteiger partial charge in [-0.25, -0.2) is 0 Å². The molecule has 178 valence electrons. The molecule has 0 bridgehead atoms. The van der Waals surface area contributed by atoms with E-state index in [1.54, 1.807) is 7.11 Å². The lowest BCUT2D eigenvalue weighted by Crippen LogP contribution is -2.43. The fraction of sp³-hybridized carbons (Fsp3) is 0.400. The predicted molar refractivity (Wildman–Crippen MR) is 136 cm³/mol. The van der Waals surface area contributed by atoms with Crippen LogP contribution in [0, 0.1) is 0 Å². The Kier molecular flexibility index (Phi) is 6.51. The van der Waals surface area contributed by atoms with Crippen molar-refractivity contribution >= 4 is 0 Å². The summed E-state index contributed by atoms with van der Waals surface area (Å²) in [5, 5.41) is 0. The van der Waals surface area contributed by atoms with E-state index in [1.807, 2.05) is 12.1 Å². The largest absolute Gasteiger partial charge is 0.497 e. The van der Waals surface area contributed by atoms with Crippen LogP contribution in [-0.4, -0.2) is 43.9 Å². The van der Waals surface area contributed by atoms with E-state index >= 15 is 0 Å². The molecule has 0 amide bonds. The highest BCUT2D eigenvalue weighted by Crippen LogP contribution is 2.53. The maximum Gasteiger partial charge on any atom is 0.127 e. The number of hydrogen-bond acceptors (Lipinski definition) is 4. The second kappa shape index (κ2) is 9.71. The molecule has 0 N–H and O–H groups in total. The SMILES string of the molecule is COc1ccc2c(c1)OC(C)(C)C(c1ccccc1)[C@H]2c1ccc(OCCN2CCCC2)cc1. The highest BCUT2D eigenvalue weighted by atomic mass is 16.5. The van der Waals surface area contributed by atoms with Crippen LogP contribution in [0.5, 0.6) is 17.2 Å². The van der Waals surface area contributed by atoms with Gasteiger partial charge in [0.05, 0.1) is 7.11 Å². The Labute approximate surface area is 203 Å². The van der Waals surface area contributed by atoms with Crippen LogP contribution >= 0.6 is 0 Å². The van der Waals surface area contributed by atoms with Crippen molar-refractivity contribution in [3.05, 3.63) is 89.5 Å². The first-order chi connectivity index (χ1) is 16.5. The van der Waals surface area contributed by atoms with E-state index in [0.717, 1.165) is 30.4 Å². The van der Waals surface area contributed by atoms with Crippen molar-refractivity contribution in [3.63, 3.8) is 0 Å². The summed E-state index contributed by atoms with van der Waals surface area (Å²) in [4.78, 5) is 2.48. The molecular weight excluding hydrogens is 422 g/mol. The zero-order chi connectivity index (χ0) is 23.5. The van der Waals surface area contributed by atoms with Crippen molar-refractivity contribution in [2.45, 2.75) is 44.1 Å². The minimum absolute atomic E-state index is 0.158. The lowest BCUT2D eigenvalue weighted by molar-refractivity contribution is 0.0528. The van der Waals surface area contributed by atoms with E-state index in [4.69, 9.17) is 14.2 Å². The van der Waals surface area contributed by atoms with Crippen LogP contribution in [-0.2, 0) is 0 Å². The minimum Gasteiger partial charge on any atom is -0.497 e. The number of ether oxygens (including phenoxy) is 3. The van der Waals surface area contributed by atoms with Crippen LogP contribution in [0.15, 0.2) is 72.8 Å². The molecule has 3 aromatic carbocycles. The molecule has 2 aliphatic rings. The topological polar surface area (TPSA) is 30.9 Å². The Hall–Kier alpha value is -2.98. The maximum absolute atomic E-state index is 6.60. The third-order valence-corrected chi connectivity index (χ3v) is 7.28. The highest BCUT2D eigenvalue weighted by molar-refractivity contribution is 5.52. The van der Waals surface area contributed by atoms with Gasteiger partial charge in [-0.1, -0.05) is 48.5 Å². The summed E-state index contributed by atoms with van der Waals surface area (Å²) >= 11 is 0. The average Bonchev–Trinajstić information content (AvgIpc) is 3.37. The monoisotopic (exact) mass is 457 g/mol. The smallest absolute Gasteiger partial charge is 0.127 e. The fourth-order valence-electron chi connectivity index (χ4n) is 5.61. The first kappa shape index (κ1) is 22.8. The zero-order valence-corrected chi connectivity index (χ0v) is 20.5. The van der Waals surface area contributed by atoms with E-state index in [2.05, 4.69) is 79.4 Å². The quantitative estimate of drug-likeness (QED) is 0.419. The van der Waals surface area contributed by atoms with Crippen molar-refractivity contribution in [2.24, 2.45) is 0 Å². The van der Waals surface area contributed by atoms with Crippen molar-refractivity contribution in [1.82, 2.24) is 4.90 Å². The summed E-state index contributed by atoms with van der Waals surface area (Å²) in [6, 6.07) is 25.6. The maximum atomic E-state index is 6.60. The number of rotatable bonds is 7. The van der Waals surface area contributed by atoms with Gasteiger partial charge in [0, 0.05) is 30.0 Å². The number of benzene rings is 3. The first-order valence-electron chi connectivity index (χ1n) is 12.4. The average molecular weight is 458 g/mol. The van der Waals surface area contributed by atoms with Gasteiger partial charge in [-0.2, -0.15) is 0 Å². The molecule has 2 aliphatic heterocycles. The fourth-order valence-corrected chi connectivity index (χ4v) is 5.61. The molecule has 0 aromatic heterocycles. The standard InChI is InChI=1S/C30H35NO3/c1-30(2)29(23-9-5-4-6-10-23)28(26-16-15-25(32-3)21-27(26)34-30)22-11-13-24(14-12-22)33-20-19-31-17-7-8-18-31/h4-6,9-16,21,28-29H,7-8,17-20H2,1-3H3/t28-,29?/m0/s1. The van der Waals surface area contributed by atoms with E-state index < -0.39 is 5.60 Å². The van der Waals surface area contributed by atoms with Crippen LogP contribution in [0.25, 0.3) is 0 Å².